The molecule has 0 bridgehead atoms. The van der Waals surface area contributed by atoms with Crippen molar-refractivity contribution < 1.29 is 28.2 Å². The number of carbonyl (C=O) groups is 3. The molecule has 1 aromatic rings. The summed E-state index contributed by atoms with van der Waals surface area (Å²) in [6.07, 6.45) is 1.80. The van der Waals surface area contributed by atoms with E-state index >= 15 is 0 Å². The standard InChI is InChI=1S/C22H33FN4O5/c1-22(2,3)32-21(30)27-11-9-14(10-12-27)5-7-17(24)19(28)25-15-6-8-18(16(23)13-15)26-20(29)31-4/h6,8,13-14,17H,5,7,9-12,24H2,1-4H3,(H,25,28)(H,26,29)/t17-/m0/s1. The highest BCUT2D eigenvalue weighted by molar-refractivity contribution is 5.95. The Balaban J connectivity index is 1.76. The molecule has 4 N–H and O–H groups in total. The Morgan fingerprint density at radius 2 is 1.88 bits per heavy atom. The van der Waals surface area contributed by atoms with Crippen LogP contribution in [0.3, 0.4) is 0 Å². The Kier molecular flexibility index (Phi) is 8.82. The van der Waals surface area contributed by atoms with E-state index in [1.807, 2.05) is 20.8 Å². The first-order valence-corrected chi connectivity index (χ1v) is 10.7. The lowest BCUT2D eigenvalue weighted by atomic mass is 9.90. The van der Waals surface area contributed by atoms with E-state index in [-0.39, 0.29) is 17.5 Å². The van der Waals surface area contributed by atoms with Gasteiger partial charge in [-0.1, -0.05) is 0 Å². The Morgan fingerprint density at radius 3 is 2.44 bits per heavy atom. The summed E-state index contributed by atoms with van der Waals surface area (Å²) >= 11 is 0. The summed E-state index contributed by atoms with van der Waals surface area (Å²) < 4.78 is 23.9. The molecule has 10 heteroatoms. The van der Waals surface area contributed by atoms with Crippen LogP contribution in [0.25, 0.3) is 0 Å². The van der Waals surface area contributed by atoms with E-state index < -0.39 is 29.5 Å². The number of nitrogens with zero attached hydrogens (tertiary/aromatic N) is 1. The van der Waals surface area contributed by atoms with Crippen LogP contribution in [0.2, 0.25) is 0 Å². The fourth-order valence-corrected chi connectivity index (χ4v) is 3.37. The second-order valence-electron chi connectivity index (χ2n) is 8.90. The molecular formula is C22H33FN4O5. The van der Waals surface area contributed by atoms with E-state index in [1.165, 1.54) is 19.2 Å². The SMILES string of the molecule is COC(=O)Nc1ccc(NC(=O)[C@@H](N)CCC2CCN(C(=O)OC(C)(C)C)CC2)cc1F. The summed E-state index contributed by atoms with van der Waals surface area (Å²) in [5, 5.41) is 4.83. The molecule has 1 aliphatic rings. The predicted octanol–water partition coefficient (Wildman–Crippen LogP) is 3.70. The van der Waals surface area contributed by atoms with Crippen molar-refractivity contribution in [2.45, 2.75) is 58.1 Å². The Morgan fingerprint density at radius 1 is 1.22 bits per heavy atom. The van der Waals surface area contributed by atoms with Crippen LogP contribution in [0.4, 0.5) is 25.4 Å². The van der Waals surface area contributed by atoms with Crippen LogP contribution in [0.5, 0.6) is 0 Å². The van der Waals surface area contributed by atoms with E-state index in [1.54, 1.807) is 4.90 Å². The molecule has 1 fully saturated rings. The van der Waals surface area contributed by atoms with Crippen molar-refractivity contribution in [1.82, 2.24) is 4.90 Å². The highest BCUT2D eigenvalue weighted by Gasteiger charge is 2.27. The summed E-state index contributed by atoms with van der Waals surface area (Å²) in [5.74, 6) is -0.753. The Hall–Kier alpha value is -2.88. The number of methoxy groups -OCH3 is 1. The molecule has 1 saturated heterocycles. The van der Waals surface area contributed by atoms with Gasteiger partial charge in [-0.05, 0) is 70.6 Å². The summed E-state index contributed by atoms with van der Waals surface area (Å²) in [7, 11) is 1.17. The molecule has 0 unspecified atom stereocenters. The van der Waals surface area contributed by atoms with Gasteiger partial charge in [0.25, 0.3) is 0 Å². The number of anilines is 2. The molecule has 0 spiro atoms. The fourth-order valence-electron chi connectivity index (χ4n) is 3.37. The number of nitrogens with one attached hydrogen (secondary N) is 2. The average molecular weight is 453 g/mol. The number of halogens is 1. The molecule has 9 nitrogen and oxygen atoms in total. The van der Waals surface area contributed by atoms with Crippen LogP contribution in [-0.2, 0) is 14.3 Å². The number of ether oxygens (including phenoxy) is 2. The molecule has 1 atom stereocenters. The maximum atomic E-state index is 14.1. The van der Waals surface area contributed by atoms with E-state index in [9.17, 15) is 18.8 Å². The maximum absolute atomic E-state index is 14.1. The number of benzene rings is 1. The van der Waals surface area contributed by atoms with Gasteiger partial charge in [-0.25, -0.2) is 14.0 Å². The lowest BCUT2D eigenvalue weighted by Crippen LogP contribution is -2.42. The van der Waals surface area contributed by atoms with Gasteiger partial charge in [-0.3, -0.25) is 10.1 Å². The number of carbonyl (C=O) groups excluding carboxylic acids is 3. The maximum Gasteiger partial charge on any atom is 0.411 e. The normalized spacial score (nSPS) is 15.6. The van der Waals surface area contributed by atoms with Crippen molar-refractivity contribution in [2.24, 2.45) is 11.7 Å². The summed E-state index contributed by atoms with van der Waals surface area (Å²) in [6.45, 7) is 6.75. The van der Waals surface area contributed by atoms with Crippen LogP contribution in [0.15, 0.2) is 18.2 Å². The van der Waals surface area contributed by atoms with E-state index in [0.717, 1.165) is 25.3 Å². The molecule has 32 heavy (non-hydrogen) atoms. The van der Waals surface area contributed by atoms with Gasteiger partial charge in [0.1, 0.15) is 11.4 Å². The molecule has 0 aliphatic carbocycles. The number of hydrogen-bond acceptors (Lipinski definition) is 6. The van der Waals surface area contributed by atoms with Crippen LogP contribution in [0, 0.1) is 11.7 Å². The van der Waals surface area contributed by atoms with Gasteiger partial charge in [0.2, 0.25) is 5.91 Å². The lowest BCUT2D eigenvalue weighted by molar-refractivity contribution is -0.117. The fraction of sp³-hybridized carbons (Fsp3) is 0.591. The van der Waals surface area contributed by atoms with Crippen molar-refractivity contribution in [3.05, 3.63) is 24.0 Å². The largest absolute Gasteiger partial charge is 0.453 e. The van der Waals surface area contributed by atoms with Crippen molar-refractivity contribution in [2.75, 3.05) is 30.8 Å². The zero-order chi connectivity index (χ0) is 23.9. The molecule has 3 amide bonds. The van der Waals surface area contributed by atoms with Crippen LogP contribution in [0.1, 0.15) is 46.5 Å². The second kappa shape index (κ2) is 11.1. The molecule has 0 radical (unpaired) electrons. The third-order valence-electron chi connectivity index (χ3n) is 5.15. The first kappa shape index (κ1) is 25.4. The number of rotatable bonds is 6. The molecule has 1 aromatic carbocycles. The molecule has 0 saturated carbocycles. The molecule has 0 aromatic heterocycles. The van der Waals surface area contributed by atoms with Crippen molar-refractivity contribution in [1.29, 1.82) is 0 Å². The van der Waals surface area contributed by atoms with Gasteiger partial charge in [0.05, 0.1) is 18.8 Å². The van der Waals surface area contributed by atoms with Crippen molar-refractivity contribution >= 4 is 29.5 Å². The monoisotopic (exact) mass is 452 g/mol. The lowest BCUT2D eigenvalue weighted by Gasteiger charge is -2.33. The second-order valence-corrected chi connectivity index (χ2v) is 8.90. The van der Waals surface area contributed by atoms with E-state index in [0.29, 0.717) is 25.4 Å². The number of hydrogen-bond donors (Lipinski definition) is 3. The first-order valence-electron chi connectivity index (χ1n) is 10.7. The third kappa shape index (κ3) is 7.99. The molecule has 1 aliphatic heterocycles. The zero-order valence-electron chi connectivity index (χ0n) is 19.1. The molecular weight excluding hydrogens is 419 g/mol. The minimum absolute atomic E-state index is 0.0585. The summed E-state index contributed by atoms with van der Waals surface area (Å²) in [4.78, 5) is 37.4. The van der Waals surface area contributed by atoms with Crippen LogP contribution >= 0.6 is 0 Å². The predicted molar refractivity (Wildman–Crippen MR) is 119 cm³/mol. The van der Waals surface area contributed by atoms with Crippen LogP contribution in [-0.4, -0.2) is 54.8 Å². The highest BCUT2D eigenvalue weighted by Crippen LogP contribution is 2.24. The average Bonchev–Trinajstić information content (AvgIpc) is 2.72. The van der Waals surface area contributed by atoms with Gasteiger partial charge in [-0.2, -0.15) is 0 Å². The van der Waals surface area contributed by atoms with E-state index in [4.69, 9.17) is 10.5 Å². The van der Waals surface area contributed by atoms with E-state index in [2.05, 4.69) is 15.4 Å². The summed E-state index contributed by atoms with van der Waals surface area (Å²) in [5.41, 5.74) is 5.68. The Bertz CT molecular complexity index is 819. The van der Waals surface area contributed by atoms with Crippen LogP contribution < -0.4 is 16.4 Å². The molecule has 1 heterocycles. The van der Waals surface area contributed by atoms with Crippen molar-refractivity contribution in [3.8, 4) is 0 Å². The minimum atomic E-state index is -0.792. The third-order valence-corrected chi connectivity index (χ3v) is 5.15. The minimum Gasteiger partial charge on any atom is -0.453 e. The van der Waals surface area contributed by atoms with Gasteiger partial charge in [0, 0.05) is 18.8 Å². The number of piperidine rings is 1. The smallest absolute Gasteiger partial charge is 0.411 e. The number of amides is 3. The molecule has 178 valence electrons. The molecule has 2 rings (SSSR count). The first-order chi connectivity index (χ1) is 15.0. The van der Waals surface area contributed by atoms with Crippen molar-refractivity contribution in [3.63, 3.8) is 0 Å². The summed E-state index contributed by atoms with van der Waals surface area (Å²) in [6, 6.07) is 3.15. The van der Waals surface area contributed by atoms with Gasteiger partial charge in [0.15, 0.2) is 0 Å². The van der Waals surface area contributed by atoms with Gasteiger partial charge in [-0.15, -0.1) is 0 Å². The number of nitrogens with two attached hydrogens (primary N) is 1. The number of likely N-dealkylation sites (tertiary alicyclic amines) is 1. The zero-order valence-corrected chi connectivity index (χ0v) is 19.1. The highest BCUT2D eigenvalue weighted by atomic mass is 19.1. The van der Waals surface area contributed by atoms with Gasteiger partial charge < -0.3 is 25.4 Å². The Labute approximate surface area is 187 Å². The quantitative estimate of drug-likeness (QED) is 0.605. The van der Waals surface area contributed by atoms with Gasteiger partial charge >= 0.3 is 12.2 Å². The topological polar surface area (TPSA) is 123 Å².